The zero-order valence-corrected chi connectivity index (χ0v) is 14.5. The molecule has 0 aliphatic carbocycles. The second-order valence-corrected chi connectivity index (χ2v) is 6.03. The van der Waals surface area contributed by atoms with Gasteiger partial charge in [0, 0.05) is 11.8 Å². The van der Waals surface area contributed by atoms with E-state index in [4.69, 9.17) is 4.74 Å². The summed E-state index contributed by atoms with van der Waals surface area (Å²) in [5.74, 6) is 0.778. The van der Waals surface area contributed by atoms with Crippen molar-refractivity contribution in [1.82, 2.24) is 14.6 Å². The minimum atomic E-state index is -0.116. The maximum Gasteiger partial charge on any atom is 0.272 e. The predicted molar refractivity (Wildman–Crippen MR) is 101 cm³/mol. The molecular formula is C21H19N3O2. The van der Waals surface area contributed by atoms with Gasteiger partial charge in [0.15, 0.2) is 5.65 Å². The van der Waals surface area contributed by atoms with E-state index in [1.165, 1.54) is 4.52 Å². The Hall–Kier alpha value is -3.34. The third kappa shape index (κ3) is 2.99. The van der Waals surface area contributed by atoms with Crippen LogP contribution < -0.4 is 10.3 Å². The molecule has 0 saturated carbocycles. The Bertz CT molecular complexity index is 1080. The fourth-order valence-corrected chi connectivity index (χ4v) is 3.00. The smallest absolute Gasteiger partial charge is 0.272 e. The summed E-state index contributed by atoms with van der Waals surface area (Å²) in [4.78, 5) is 17.2. The number of hydrogen-bond donors (Lipinski definition) is 1. The van der Waals surface area contributed by atoms with Gasteiger partial charge in [-0.2, -0.15) is 0 Å². The van der Waals surface area contributed by atoms with E-state index in [0.29, 0.717) is 18.7 Å². The van der Waals surface area contributed by atoms with Crippen molar-refractivity contribution in [2.45, 2.75) is 20.0 Å². The third-order valence-corrected chi connectivity index (χ3v) is 4.30. The Kier molecular flexibility index (Phi) is 4.27. The van der Waals surface area contributed by atoms with E-state index in [1.54, 1.807) is 6.07 Å². The maximum absolute atomic E-state index is 12.5. The monoisotopic (exact) mass is 345 g/mol. The van der Waals surface area contributed by atoms with Crippen LogP contribution in [-0.2, 0) is 13.0 Å². The van der Waals surface area contributed by atoms with Crippen molar-refractivity contribution >= 4 is 5.65 Å². The summed E-state index contributed by atoms with van der Waals surface area (Å²) in [5, 5.41) is 3.17. The van der Waals surface area contributed by atoms with Gasteiger partial charge in [-0.1, -0.05) is 55.5 Å². The first-order valence-corrected chi connectivity index (χ1v) is 8.63. The molecule has 0 amide bonds. The molecule has 0 saturated heterocycles. The number of aromatic nitrogens is 3. The fraction of sp³-hybridized carbons (Fsp3) is 0.143. The first kappa shape index (κ1) is 16.1. The molecule has 0 bridgehead atoms. The van der Waals surface area contributed by atoms with Crippen molar-refractivity contribution in [1.29, 1.82) is 0 Å². The predicted octanol–water partition coefficient (Wildman–Crippen LogP) is 3.83. The van der Waals surface area contributed by atoms with Gasteiger partial charge < -0.3 is 4.74 Å². The number of benzene rings is 2. The molecule has 0 unspecified atom stereocenters. The summed E-state index contributed by atoms with van der Waals surface area (Å²) < 4.78 is 7.40. The van der Waals surface area contributed by atoms with Crippen LogP contribution in [0.3, 0.4) is 0 Å². The molecule has 2 aromatic carbocycles. The van der Waals surface area contributed by atoms with Crippen LogP contribution in [0.1, 0.15) is 18.3 Å². The third-order valence-electron chi connectivity index (χ3n) is 4.30. The Morgan fingerprint density at radius 3 is 2.42 bits per heavy atom. The highest BCUT2D eigenvalue weighted by Gasteiger charge is 2.17. The molecule has 0 aliphatic heterocycles. The van der Waals surface area contributed by atoms with Crippen molar-refractivity contribution in [2.75, 3.05) is 0 Å². The molecule has 0 atom stereocenters. The van der Waals surface area contributed by atoms with Crippen LogP contribution in [0.4, 0.5) is 0 Å². The molecule has 4 aromatic rings. The van der Waals surface area contributed by atoms with Crippen LogP contribution in [0.25, 0.3) is 16.8 Å². The maximum atomic E-state index is 12.5. The first-order valence-electron chi connectivity index (χ1n) is 8.63. The Morgan fingerprint density at radius 1 is 1.04 bits per heavy atom. The molecule has 2 aromatic heterocycles. The number of aromatic amines is 1. The number of hydrogen-bond acceptors (Lipinski definition) is 3. The zero-order chi connectivity index (χ0) is 17.9. The van der Waals surface area contributed by atoms with Gasteiger partial charge >= 0.3 is 0 Å². The lowest BCUT2D eigenvalue weighted by Gasteiger charge is -2.07. The fourth-order valence-electron chi connectivity index (χ4n) is 3.00. The van der Waals surface area contributed by atoms with Crippen LogP contribution in [0.5, 0.6) is 5.75 Å². The van der Waals surface area contributed by atoms with Crippen LogP contribution in [0.2, 0.25) is 0 Å². The van der Waals surface area contributed by atoms with Crippen LogP contribution in [0.15, 0.2) is 71.5 Å². The van der Waals surface area contributed by atoms with Crippen molar-refractivity contribution < 1.29 is 4.74 Å². The average Bonchev–Trinajstić information content (AvgIpc) is 3.06. The van der Waals surface area contributed by atoms with Gasteiger partial charge in [0.1, 0.15) is 12.4 Å². The van der Waals surface area contributed by atoms with Crippen molar-refractivity contribution in [3.63, 3.8) is 0 Å². The summed E-state index contributed by atoms with van der Waals surface area (Å²) in [5.41, 5.74) is 4.01. The number of ether oxygens (including phenoxy) is 1. The van der Waals surface area contributed by atoms with Crippen LogP contribution in [-0.4, -0.2) is 14.6 Å². The molecule has 5 nitrogen and oxygen atoms in total. The van der Waals surface area contributed by atoms with Crippen LogP contribution >= 0.6 is 0 Å². The highest BCUT2D eigenvalue weighted by Crippen LogP contribution is 2.28. The highest BCUT2D eigenvalue weighted by molar-refractivity contribution is 5.79. The van der Waals surface area contributed by atoms with Gasteiger partial charge in [-0.05, 0) is 24.1 Å². The Labute approximate surface area is 150 Å². The largest absolute Gasteiger partial charge is 0.487 e. The number of fused-ring (bicyclic) bond motifs is 1. The molecule has 1 N–H and O–H groups in total. The lowest BCUT2D eigenvalue weighted by atomic mass is 10.1. The number of aryl methyl sites for hydroxylation is 1. The normalized spacial score (nSPS) is 11.0. The van der Waals surface area contributed by atoms with Gasteiger partial charge in [0.05, 0.1) is 11.3 Å². The minimum Gasteiger partial charge on any atom is -0.487 e. The van der Waals surface area contributed by atoms with Gasteiger partial charge in [-0.15, -0.1) is 0 Å². The summed E-state index contributed by atoms with van der Waals surface area (Å²) in [6.07, 6.45) is 0.709. The zero-order valence-electron chi connectivity index (χ0n) is 14.5. The molecule has 0 fully saturated rings. The van der Waals surface area contributed by atoms with Crippen molar-refractivity contribution in [3.05, 3.63) is 88.5 Å². The number of para-hydroxylation sites is 1. The number of H-pyrrole nitrogens is 1. The van der Waals surface area contributed by atoms with E-state index < -0.39 is 0 Å². The lowest BCUT2D eigenvalue weighted by molar-refractivity contribution is 0.301. The van der Waals surface area contributed by atoms with Crippen molar-refractivity contribution in [2.24, 2.45) is 0 Å². The topological polar surface area (TPSA) is 59.4 Å². The molecule has 4 rings (SSSR count). The molecule has 2 heterocycles. The standard InChI is InChI=1S/C21H19N3O2/c1-2-16-13-19(25)24-21(22-16)20(15-9-5-3-6-10-15)18(23-24)14-26-17-11-7-4-8-12-17/h3-13,23H,2,14H2,1H3. The summed E-state index contributed by atoms with van der Waals surface area (Å²) in [7, 11) is 0. The summed E-state index contributed by atoms with van der Waals surface area (Å²) >= 11 is 0. The number of nitrogens with one attached hydrogen (secondary N) is 1. The summed E-state index contributed by atoms with van der Waals surface area (Å²) in [6.45, 7) is 2.31. The number of rotatable bonds is 5. The highest BCUT2D eigenvalue weighted by atomic mass is 16.5. The quantitative estimate of drug-likeness (QED) is 0.598. The molecule has 0 aliphatic rings. The second kappa shape index (κ2) is 6.88. The molecule has 5 heteroatoms. The molecule has 0 spiro atoms. The summed E-state index contributed by atoms with van der Waals surface area (Å²) in [6, 6.07) is 21.1. The molecular weight excluding hydrogens is 326 g/mol. The molecule has 26 heavy (non-hydrogen) atoms. The minimum absolute atomic E-state index is 0.116. The Morgan fingerprint density at radius 2 is 1.73 bits per heavy atom. The van der Waals surface area contributed by atoms with Gasteiger partial charge in [0.25, 0.3) is 5.56 Å². The lowest BCUT2D eigenvalue weighted by Crippen LogP contribution is -2.15. The molecule has 130 valence electrons. The SMILES string of the molecule is CCc1cc(=O)n2[nH]c(COc3ccccc3)c(-c3ccccc3)c2n1. The van der Waals surface area contributed by atoms with Gasteiger partial charge in [-0.25, -0.2) is 9.50 Å². The van der Waals surface area contributed by atoms with Crippen LogP contribution in [0, 0.1) is 0 Å². The van der Waals surface area contributed by atoms with E-state index in [2.05, 4.69) is 10.1 Å². The number of nitrogens with zero attached hydrogens (tertiary/aromatic N) is 2. The van der Waals surface area contributed by atoms with E-state index in [9.17, 15) is 4.79 Å². The van der Waals surface area contributed by atoms with E-state index >= 15 is 0 Å². The van der Waals surface area contributed by atoms with Gasteiger partial charge in [0.2, 0.25) is 0 Å². The van der Waals surface area contributed by atoms with E-state index in [1.807, 2.05) is 67.6 Å². The Balaban J connectivity index is 1.85. The van der Waals surface area contributed by atoms with Gasteiger partial charge in [-0.3, -0.25) is 9.89 Å². The van der Waals surface area contributed by atoms with E-state index in [0.717, 1.165) is 28.3 Å². The molecule has 0 radical (unpaired) electrons. The second-order valence-electron chi connectivity index (χ2n) is 6.03. The average molecular weight is 345 g/mol. The first-order chi connectivity index (χ1) is 12.8. The van der Waals surface area contributed by atoms with Crippen molar-refractivity contribution in [3.8, 4) is 16.9 Å². The van der Waals surface area contributed by atoms with E-state index in [-0.39, 0.29) is 5.56 Å².